The molecule has 0 unspecified atom stereocenters. The number of methoxy groups -OCH3 is 1. The Morgan fingerprint density at radius 2 is 1.79 bits per heavy atom. The molecule has 2 heterocycles. The Morgan fingerprint density at radius 1 is 1.00 bits per heavy atom. The summed E-state index contributed by atoms with van der Waals surface area (Å²) in [5, 5.41) is 0. The van der Waals surface area contributed by atoms with Crippen LogP contribution in [0.1, 0.15) is 5.56 Å². The maximum Gasteiger partial charge on any atom is 0.209 e. The number of nitrogens with zero attached hydrogens (tertiary/aromatic N) is 4. The number of fused-ring (bicyclic) bond motifs is 3. The van der Waals surface area contributed by atoms with Gasteiger partial charge >= 0.3 is 0 Å². The van der Waals surface area contributed by atoms with E-state index in [9.17, 15) is 0 Å². The molecule has 0 saturated heterocycles. The number of imidazole rings is 1. The molecule has 3 aromatic rings. The quantitative estimate of drug-likeness (QED) is 0.723. The average molecular weight is 322 g/mol. The number of aromatic nitrogens is 2. The molecule has 5 nitrogen and oxygen atoms in total. The van der Waals surface area contributed by atoms with E-state index >= 15 is 0 Å². The van der Waals surface area contributed by atoms with E-state index in [0.29, 0.717) is 0 Å². The first-order valence-corrected chi connectivity index (χ1v) is 8.30. The fraction of sp³-hybridized carbons (Fsp3) is 0.316. The van der Waals surface area contributed by atoms with Crippen LogP contribution in [0.5, 0.6) is 0 Å². The van der Waals surface area contributed by atoms with Crippen molar-refractivity contribution >= 4 is 17.0 Å². The predicted molar refractivity (Wildman–Crippen MR) is 95.8 cm³/mol. The zero-order valence-electron chi connectivity index (χ0n) is 13.9. The van der Waals surface area contributed by atoms with Crippen molar-refractivity contribution in [3.05, 3.63) is 60.2 Å². The van der Waals surface area contributed by atoms with Gasteiger partial charge in [0.1, 0.15) is 0 Å². The number of rotatable bonds is 5. The minimum absolute atomic E-state index is 0.737. The van der Waals surface area contributed by atoms with Gasteiger partial charge in [-0.25, -0.2) is 4.98 Å². The summed E-state index contributed by atoms with van der Waals surface area (Å²) in [4.78, 5) is 9.61. The van der Waals surface area contributed by atoms with E-state index in [4.69, 9.17) is 9.72 Å². The van der Waals surface area contributed by atoms with E-state index in [1.807, 2.05) is 6.07 Å². The maximum absolute atomic E-state index is 5.27. The fourth-order valence-electron chi connectivity index (χ4n) is 3.28. The molecule has 4 rings (SSSR count). The van der Waals surface area contributed by atoms with Gasteiger partial charge in [-0.05, 0) is 17.7 Å². The minimum atomic E-state index is 0.737. The van der Waals surface area contributed by atoms with Crippen molar-refractivity contribution in [2.24, 2.45) is 0 Å². The molecule has 124 valence electrons. The molecule has 1 aliphatic rings. The molecular formula is C19H22N4O. The Morgan fingerprint density at radius 3 is 2.62 bits per heavy atom. The molecule has 0 amide bonds. The number of anilines is 1. The van der Waals surface area contributed by atoms with Gasteiger partial charge in [0.15, 0.2) is 0 Å². The van der Waals surface area contributed by atoms with E-state index in [1.54, 1.807) is 7.11 Å². The SMILES string of the molecule is COCCN1CN(Cc2ccccc2)c2nc3ccccc3n2C1. The number of hydrogen-bond donors (Lipinski definition) is 0. The van der Waals surface area contributed by atoms with Crippen LogP contribution in [0.3, 0.4) is 0 Å². The molecule has 0 bridgehead atoms. The molecule has 5 heteroatoms. The third kappa shape index (κ3) is 2.88. The zero-order chi connectivity index (χ0) is 16.4. The van der Waals surface area contributed by atoms with Crippen molar-refractivity contribution in [1.29, 1.82) is 0 Å². The lowest BCUT2D eigenvalue weighted by Gasteiger charge is -2.37. The Balaban J connectivity index is 1.70. The van der Waals surface area contributed by atoms with E-state index in [2.05, 4.69) is 62.9 Å². The molecule has 0 radical (unpaired) electrons. The van der Waals surface area contributed by atoms with Gasteiger partial charge < -0.3 is 9.64 Å². The van der Waals surface area contributed by atoms with Crippen LogP contribution < -0.4 is 4.90 Å². The van der Waals surface area contributed by atoms with Gasteiger partial charge in [0.2, 0.25) is 5.95 Å². The first kappa shape index (κ1) is 15.2. The summed E-state index contributed by atoms with van der Waals surface area (Å²) in [6, 6.07) is 18.9. The largest absolute Gasteiger partial charge is 0.383 e. The highest BCUT2D eigenvalue weighted by atomic mass is 16.5. The van der Waals surface area contributed by atoms with Crippen LogP contribution in [-0.4, -0.2) is 41.4 Å². The topological polar surface area (TPSA) is 33.5 Å². The van der Waals surface area contributed by atoms with Crippen molar-refractivity contribution in [2.75, 3.05) is 31.8 Å². The van der Waals surface area contributed by atoms with Gasteiger partial charge in [0.05, 0.1) is 31.0 Å². The summed E-state index contributed by atoms with van der Waals surface area (Å²) in [5.41, 5.74) is 3.54. The van der Waals surface area contributed by atoms with Crippen molar-refractivity contribution < 1.29 is 4.74 Å². The first-order chi connectivity index (χ1) is 11.8. The second-order valence-corrected chi connectivity index (χ2v) is 6.18. The predicted octanol–water partition coefficient (Wildman–Crippen LogP) is 2.92. The molecule has 1 aliphatic heterocycles. The summed E-state index contributed by atoms with van der Waals surface area (Å²) in [6.45, 7) is 4.22. The van der Waals surface area contributed by atoms with Crippen LogP contribution >= 0.6 is 0 Å². The molecule has 0 spiro atoms. The van der Waals surface area contributed by atoms with E-state index < -0.39 is 0 Å². The third-order valence-electron chi connectivity index (χ3n) is 4.46. The van der Waals surface area contributed by atoms with Crippen molar-refractivity contribution in [2.45, 2.75) is 13.2 Å². The van der Waals surface area contributed by atoms with Gasteiger partial charge in [-0.15, -0.1) is 0 Å². The molecule has 0 aliphatic carbocycles. The summed E-state index contributed by atoms with van der Waals surface area (Å²) < 4.78 is 7.57. The maximum atomic E-state index is 5.27. The van der Waals surface area contributed by atoms with Crippen molar-refractivity contribution in [1.82, 2.24) is 14.5 Å². The van der Waals surface area contributed by atoms with Crippen LogP contribution in [0, 0.1) is 0 Å². The monoisotopic (exact) mass is 322 g/mol. The van der Waals surface area contributed by atoms with E-state index in [-0.39, 0.29) is 0 Å². The molecule has 0 N–H and O–H groups in total. The zero-order valence-corrected chi connectivity index (χ0v) is 13.9. The Hall–Kier alpha value is -2.37. The second kappa shape index (κ2) is 6.63. The highest BCUT2D eigenvalue weighted by Crippen LogP contribution is 2.27. The van der Waals surface area contributed by atoms with Crippen molar-refractivity contribution in [3.63, 3.8) is 0 Å². The number of ether oxygens (including phenoxy) is 1. The normalized spacial score (nSPS) is 15.0. The smallest absolute Gasteiger partial charge is 0.209 e. The molecule has 0 fully saturated rings. The van der Waals surface area contributed by atoms with E-state index in [1.165, 1.54) is 11.1 Å². The number of hydrogen-bond acceptors (Lipinski definition) is 4. The van der Waals surface area contributed by atoms with Gasteiger partial charge in [0.25, 0.3) is 0 Å². The number of benzene rings is 2. The molecular weight excluding hydrogens is 300 g/mol. The Labute approximate surface area is 142 Å². The summed E-state index contributed by atoms with van der Waals surface area (Å²) in [6.07, 6.45) is 0. The van der Waals surface area contributed by atoms with Gasteiger partial charge in [-0.3, -0.25) is 9.47 Å². The lowest BCUT2D eigenvalue weighted by atomic mass is 10.2. The van der Waals surface area contributed by atoms with Gasteiger partial charge in [-0.1, -0.05) is 42.5 Å². The second-order valence-electron chi connectivity index (χ2n) is 6.18. The van der Waals surface area contributed by atoms with Gasteiger partial charge in [-0.2, -0.15) is 0 Å². The van der Waals surface area contributed by atoms with Crippen LogP contribution in [0.15, 0.2) is 54.6 Å². The highest BCUT2D eigenvalue weighted by Gasteiger charge is 2.25. The first-order valence-electron chi connectivity index (χ1n) is 8.30. The van der Waals surface area contributed by atoms with Crippen molar-refractivity contribution in [3.8, 4) is 0 Å². The summed E-state index contributed by atoms with van der Waals surface area (Å²) >= 11 is 0. The van der Waals surface area contributed by atoms with Crippen LogP contribution in [0.4, 0.5) is 5.95 Å². The van der Waals surface area contributed by atoms with Crippen LogP contribution in [0.25, 0.3) is 11.0 Å². The fourth-order valence-corrected chi connectivity index (χ4v) is 3.28. The van der Waals surface area contributed by atoms with E-state index in [0.717, 1.165) is 44.5 Å². The standard InChI is InChI=1S/C19H22N4O/c1-24-12-11-21-14-22(13-16-7-3-2-4-8-16)19-20-17-9-5-6-10-18(17)23(19)15-21/h2-10H,11-15H2,1H3. The summed E-state index contributed by atoms with van der Waals surface area (Å²) in [5.74, 6) is 1.05. The van der Waals surface area contributed by atoms with Gasteiger partial charge in [0, 0.05) is 20.2 Å². The van der Waals surface area contributed by atoms with Crippen LogP contribution in [-0.2, 0) is 18.0 Å². The lowest BCUT2D eigenvalue weighted by molar-refractivity contribution is 0.121. The molecule has 2 aromatic carbocycles. The summed E-state index contributed by atoms with van der Waals surface area (Å²) in [7, 11) is 1.75. The average Bonchev–Trinajstić information content (AvgIpc) is 3.00. The molecule has 0 atom stereocenters. The van der Waals surface area contributed by atoms with Crippen LogP contribution in [0.2, 0.25) is 0 Å². The third-order valence-corrected chi connectivity index (χ3v) is 4.46. The number of para-hydroxylation sites is 2. The Bertz CT molecular complexity index is 815. The highest BCUT2D eigenvalue weighted by molar-refractivity contribution is 5.79. The minimum Gasteiger partial charge on any atom is -0.383 e. The molecule has 1 aromatic heterocycles. The molecule has 0 saturated carbocycles. The molecule has 24 heavy (non-hydrogen) atoms. The Kier molecular flexibility index (Phi) is 4.19. The lowest BCUT2D eigenvalue weighted by Crippen LogP contribution is -2.45.